The molecule has 0 bridgehead atoms. The fraction of sp³-hybridized carbons (Fsp3) is 0.438. The molecule has 114 valence electrons. The highest BCUT2D eigenvalue weighted by Crippen LogP contribution is 2.24. The summed E-state index contributed by atoms with van der Waals surface area (Å²) in [6, 6.07) is 7.82. The van der Waals surface area contributed by atoms with Crippen molar-refractivity contribution in [3.8, 4) is 0 Å². The molecule has 1 fully saturated rings. The molecule has 0 spiro atoms. The second-order valence-corrected chi connectivity index (χ2v) is 5.80. The number of carbonyl (C=O) groups is 1. The highest BCUT2D eigenvalue weighted by atomic mass is 35.5. The van der Waals surface area contributed by atoms with E-state index in [1.165, 1.54) is 5.56 Å². The van der Waals surface area contributed by atoms with Crippen molar-refractivity contribution in [1.82, 2.24) is 5.32 Å². The number of nitrogens with one attached hydrogen (secondary N) is 1. The summed E-state index contributed by atoms with van der Waals surface area (Å²) in [4.78, 5) is 10.5. The SMILES string of the molecule is O=C(O)/C=C/CNC1(Cc2ccc(Cl)cc2)CCCOC1. The van der Waals surface area contributed by atoms with E-state index in [0.29, 0.717) is 13.2 Å². The molecule has 1 heterocycles. The summed E-state index contributed by atoms with van der Waals surface area (Å²) < 4.78 is 5.63. The van der Waals surface area contributed by atoms with Gasteiger partial charge in [-0.2, -0.15) is 0 Å². The van der Waals surface area contributed by atoms with Crippen LogP contribution in [-0.2, 0) is 16.0 Å². The molecule has 0 amide bonds. The van der Waals surface area contributed by atoms with Crippen molar-refractivity contribution in [2.24, 2.45) is 0 Å². The Morgan fingerprint density at radius 1 is 1.43 bits per heavy atom. The van der Waals surface area contributed by atoms with Crippen molar-refractivity contribution in [2.75, 3.05) is 19.8 Å². The quantitative estimate of drug-likeness (QED) is 0.793. The van der Waals surface area contributed by atoms with E-state index in [0.717, 1.165) is 37.0 Å². The number of halogens is 1. The van der Waals surface area contributed by atoms with Crippen molar-refractivity contribution >= 4 is 17.6 Å². The maximum absolute atomic E-state index is 10.5. The van der Waals surface area contributed by atoms with Gasteiger partial charge in [0.15, 0.2) is 0 Å². The van der Waals surface area contributed by atoms with E-state index in [1.54, 1.807) is 6.08 Å². The first-order valence-electron chi connectivity index (χ1n) is 7.06. The van der Waals surface area contributed by atoms with Crippen LogP contribution >= 0.6 is 11.6 Å². The van der Waals surface area contributed by atoms with Gasteiger partial charge in [-0.1, -0.05) is 29.8 Å². The molecule has 1 aromatic carbocycles. The van der Waals surface area contributed by atoms with Gasteiger partial charge in [0, 0.05) is 29.8 Å². The summed E-state index contributed by atoms with van der Waals surface area (Å²) in [7, 11) is 0. The standard InChI is InChI=1S/C16H20ClNO3/c17-14-6-4-13(5-7-14)11-16(8-2-10-21-12-16)18-9-1-3-15(19)20/h1,3-7,18H,2,8-12H2,(H,19,20)/b3-1+. The van der Waals surface area contributed by atoms with Crippen molar-refractivity contribution in [3.63, 3.8) is 0 Å². The lowest BCUT2D eigenvalue weighted by Gasteiger charge is -2.38. The largest absolute Gasteiger partial charge is 0.478 e. The van der Waals surface area contributed by atoms with Crippen molar-refractivity contribution < 1.29 is 14.6 Å². The minimum Gasteiger partial charge on any atom is -0.478 e. The molecule has 1 aliphatic rings. The van der Waals surface area contributed by atoms with Gasteiger partial charge in [-0.15, -0.1) is 0 Å². The third-order valence-corrected chi connectivity index (χ3v) is 3.89. The van der Waals surface area contributed by atoms with E-state index < -0.39 is 5.97 Å². The van der Waals surface area contributed by atoms with Gasteiger partial charge in [-0.25, -0.2) is 4.79 Å². The molecule has 21 heavy (non-hydrogen) atoms. The Bertz CT molecular complexity index is 493. The summed E-state index contributed by atoms with van der Waals surface area (Å²) in [5.74, 6) is -0.927. The van der Waals surface area contributed by atoms with E-state index in [2.05, 4.69) is 5.32 Å². The maximum atomic E-state index is 10.5. The molecule has 2 N–H and O–H groups in total. The van der Waals surface area contributed by atoms with Crippen LogP contribution in [-0.4, -0.2) is 36.4 Å². The van der Waals surface area contributed by atoms with Crippen LogP contribution < -0.4 is 5.32 Å². The summed E-state index contributed by atoms with van der Waals surface area (Å²) in [6.07, 6.45) is 5.64. The number of carboxylic acids is 1. The van der Waals surface area contributed by atoms with Crippen LogP contribution in [0, 0.1) is 0 Å². The van der Waals surface area contributed by atoms with E-state index in [-0.39, 0.29) is 5.54 Å². The van der Waals surface area contributed by atoms with E-state index in [4.69, 9.17) is 21.4 Å². The molecule has 1 unspecified atom stereocenters. The fourth-order valence-electron chi connectivity index (χ4n) is 2.62. The topological polar surface area (TPSA) is 58.6 Å². The Hall–Kier alpha value is -1.36. The lowest BCUT2D eigenvalue weighted by molar-refractivity contribution is -0.131. The molecular weight excluding hydrogens is 290 g/mol. The van der Waals surface area contributed by atoms with Crippen LogP contribution in [0.1, 0.15) is 18.4 Å². The van der Waals surface area contributed by atoms with E-state index in [9.17, 15) is 4.79 Å². The monoisotopic (exact) mass is 309 g/mol. The molecule has 0 radical (unpaired) electrons. The van der Waals surface area contributed by atoms with Gasteiger partial charge in [0.2, 0.25) is 0 Å². The van der Waals surface area contributed by atoms with E-state index >= 15 is 0 Å². The number of ether oxygens (including phenoxy) is 1. The van der Waals surface area contributed by atoms with Gasteiger partial charge >= 0.3 is 5.97 Å². The molecule has 2 rings (SSSR count). The van der Waals surface area contributed by atoms with Crippen LogP contribution in [0.4, 0.5) is 0 Å². The average molecular weight is 310 g/mol. The molecule has 0 aliphatic carbocycles. The van der Waals surface area contributed by atoms with Crippen LogP contribution in [0.2, 0.25) is 5.02 Å². The molecule has 4 nitrogen and oxygen atoms in total. The van der Waals surface area contributed by atoms with Gasteiger partial charge in [0.1, 0.15) is 0 Å². The lowest BCUT2D eigenvalue weighted by atomic mass is 9.85. The van der Waals surface area contributed by atoms with Gasteiger partial charge in [0.05, 0.1) is 6.61 Å². The summed E-state index contributed by atoms with van der Waals surface area (Å²) in [5, 5.41) is 12.8. The Labute approximate surface area is 129 Å². The predicted molar refractivity (Wildman–Crippen MR) is 82.7 cm³/mol. The molecule has 1 saturated heterocycles. The molecule has 5 heteroatoms. The van der Waals surface area contributed by atoms with Gasteiger partial charge in [-0.3, -0.25) is 0 Å². The van der Waals surface area contributed by atoms with Crippen molar-refractivity contribution in [3.05, 3.63) is 47.0 Å². The maximum Gasteiger partial charge on any atom is 0.328 e. The first-order chi connectivity index (χ1) is 10.1. The Balaban J connectivity index is 2.02. The number of carboxylic acid groups (broad SMARTS) is 1. The van der Waals surface area contributed by atoms with Crippen LogP contribution in [0.3, 0.4) is 0 Å². The lowest BCUT2D eigenvalue weighted by Crippen LogP contribution is -2.53. The predicted octanol–water partition coefficient (Wildman–Crippen LogP) is 2.66. The molecule has 0 saturated carbocycles. The zero-order valence-corrected chi connectivity index (χ0v) is 12.6. The summed E-state index contributed by atoms with van der Waals surface area (Å²) in [5.41, 5.74) is 1.05. The van der Waals surface area contributed by atoms with Crippen LogP contribution in [0.5, 0.6) is 0 Å². The molecular formula is C16H20ClNO3. The second-order valence-electron chi connectivity index (χ2n) is 5.36. The third-order valence-electron chi connectivity index (χ3n) is 3.63. The number of benzene rings is 1. The van der Waals surface area contributed by atoms with Crippen molar-refractivity contribution in [2.45, 2.75) is 24.8 Å². The highest BCUT2D eigenvalue weighted by molar-refractivity contribution is 6.30. The molecule has 1 aliphatic heterocycles. The molecule has 1 aromatic rings. The summed E-state index contributed by atoms with van der Waals surface area (Å²) >= 11 is 5.92. The Morgan fingerprint density at radius 2 is 2.19 bits per heavy atom. The average Bonchev–Trinajstić information content (AvgIpc) is 2.47. The number of aliphatic carboxylic acids is 1. The number of hydrogen-bond acceptors (Lipinski definition) is 3. The molecule has 0 aromatic heterocycles. The van der Waals surface area contributed by atoms with Gasteiger partial charge in [0.25, 0.3) is 0 Å². The fourth-order valence-corrected chi connectivity index (χ4v) is 2.75. The first kappa shape index (κ1) is 16.0. The second kappa shape index (κ2) is 7.59. The van der Waals surface area contributed by atoms with Gasteiger partial charge in [-0.05, 0) is 37.0 Å². The number of rotatable bonds is 6. The Morgan fingerprint density at radius 3 is 2.81 bits per heavy atom. The number of hydrogen-bond donors (Lipinski definition) is 2. The summed E-state index contributed by atoms with van der Waals surface area (Å²) in [6.45, 7) is 1.94. The zero-order chi connectivity index (χ0) is 15.1. The minimum absolute atomic E-state index is 0.144. The first-order valence-corrected chi connectivity index (χ1v) is 7.44. The smallest absolute Gasteiger partial charge is 0.328 e. The Kier molecular flexibility index (Phi) is 5.79. The van der Waals surface area contributed by atoms with Gasteiger partial charge < -0.3 is 15.2 Å². The zero-order valence-electron chi connectivity index (χ0n) is 11.8. The normalized spacial score (nSPS) is 22.5. The molecule has 1 atom stereocenters. The van der Waals surface area contributed by atoms with Crippen LogP contribution in [0.15, 0.2) is 36.4 Å². The third kappa shape index (κ3) is 5.16. The van der Waals surface area contributed by atoms with E-state index in [1.807, 2.05) is 24.3 Å². The van der Waals surface area contributed by atoms with Crippen LogP contribution in [0.25, 0.3) is 0 Å². The minimum atomic E-state index is -0.927. The van der Waals surface area contributed by atoms with Crippen molar-refractivity contribution in [1.29, 1.82) is 0 Å². The highest BCUT2D eigenvalue weighted by Gasteiger charge is 2.32.